The third-order valence-electron chi connectivity index (χ3n) is 2.95. The Morgan fingerprint density at radius 3 is 2.58 bits per heavy atom. The van der Waals surface area contributed by atoms with Crippen LogP contribution in [0.3, 0.4) is 0 Å². The lowest BCUT2D eigenvalue weighted by atomic mass is 10.2. The molecular weight excluding hydrogens is 360 g/mol. The molecular formula is C14H11ClN2O6S. The number of nitrogens with zero attached hydrogens (tertiary/aromatic N) is 1. The van der Waals surface area contributed by atoms with Crippen molar-refractivity contribution < 1.29 is 22.9 Å². The van der Waals surface area contributed by atoms with Gasteiger partial charge in [-0.05, 0) is 24.3 Å². The number of non-ortho nitro benzene ring substituents is 1. The molecule has 0 aliphatic carbocycles. The van der Waals surface area contributed by atoms with E-state index in [0.717, 1.165) is 19.2 Å². The van der Waals surface area contributed by atoms with Crippen LogP contribution in [0.25, 0.3) is 0 Å². The van der Waals surface area contributed by atoms with Crippen LogP contribution < -0.4 is 4.72 Å². The van der Waals surface area contributed by atoms with Gasteiger partial charge >= 0.3 is 5.97 Å². The van der Waals surface area contributed by atoms with Crippen molar-refractivity contribution in [1.82, 2.24) is 0 Å². The molecule has 0 saturated heterocycles. The third kappa shape index (κ3) is 3.81. The van der Waals surface area contributed by atoms with Gasteiger partial charge in [-0.25, -0.2) is 13.2 Å². The minimum absolute atomic E-state index is 0.00122. The quantitative estimate of drug-likeness (QED) is 0.491. The second kappa shape index (κ2) is 6.85. The van der Waals surface area contributed by atoms with E-state index >= 15 is 0 Å². The molecule has 10 heteroatoms. The summed E-state index contributed by atoms with van der Waals surface area (Å²) in [5, 5.41) is 10.6. The monoisotopic (exact) mass is 370 g/mol. The van der Waals surface area contributed by atoms with Crippen molar-refractivity contribution in [3.63, 3.8) is 0 Å². The number of hydrogen-bond acceptors (Lipinski definition) is 6. The zero-order valence-electron chi connectivity index (χ0n) is 12.2. The SMILES string of the molecule is COC(=O)c1ccc(Cl)c(S(=O)(=O)Nc2cccc([N+](=O)[O-])c2)c1. The zero-order chi connectivity index (χ0) is 17.9. The summed E-state index contributed by atoms with van der Waals surface area (Å²) in [7, 11) is -3.00. The zero-order valence-corrected chi connectivity index (χ0v) is 13.8. The molecule has 0 aliphatic heterocycles. The standard InChI is InChI=1S/C14H11ClN2O6S/c1-23-14(18)9-5-6-12(15)13(7-9)24(21,22)16-10-3-2-4-11(8-10)17(19)20/h2-8,16H,1H3. The van der Waals surface area contributed by atoms with Crippen LogP contribution in [0.4, 0.5) is 11.4 Å². The predicted molar refractivity (Wildman–Crippen MR) is 86.7 cm³/mol. The van der Waals surface area contributed by atoms with E-state index < -0.39 is 20.9 Å². The number of ether oxygens (including phenoxy) is 1. The van der Waals surface area contributed by atoms with Crippen molar-refractivity contribution in [2.24, 2.45) is 0 Å². The van der Waals surface area contributed by atoms with Gasteiger partial charge in [-0.3, -0.25) is 14.8 Å². The molecule has 0 unspecified atom stereocenters. The number of benzene rings is 2. The number of rotatable bonds is 5. The largest absolute Gasteiger partial charge is 0.465 e. The van der Waals surface area contributed by atoms with Gasteiger partial charge in [0.1, 0.15) is 4.90 Å². The summed E-state index contributed by atoms with van der Waals surface area (Å²) < 4.78 is 31.6. The van der Waals surface area contributed by atoms with E-state index in [1.54, 1.807) is 0 Å². The second-order valence-corrected chi connectivity index (χ2v) is 6.61. The maximum absolute atomic E-state index is 12.4. The van der Waals surface area contributed by atoms with Crippen LogP contribution in [0.2, 0.25) is 5.02 Å². The Bertz CT molecular complexity index is 913. The number of carbonyl (C=O) groups is 1. The Balaban J connectivity index is 2.42. The molecule has 0 heterocycles. The van der Waals surface area contributed by atoms with Crippen LogP contribution in [0.15, 0.2) is 47.4 Å². The maximum atomic E-state index is 12.4. The number of nitro groups is 1. The summed E-state index contributed by atoms with van der Waals surface area (Å²) in [6, 6.07) is 8.60. The van der Waals surface area contributed by atoms with Crippen LogP contribution in [0.1, 0.15) is 10.4 Å². The first kappa shape index (κ1) is 17.7. The van der Waals surface area contributed by atoms with Crippen LogP contribution in [0, 0.1) is 10.1 Å². The Kier molecular flexibility index (Phi) is 5.05. The summed E-state index contributed by atoms with van der Waals surface area (Å²) in [4.78, 5) is 21.3. The molecule has 0 saturated carbocycles. The lowest BCUT2D eigenvalue weighted by Gasteiger charge is -2.10. The Morgan fingerprint density at radius 1 is 1.25 bits per heavy atom. The fourth-order valence-electron chi connectivity index (χ4n) is 1.85. The first-order valence-corrected chi connectivity index (χ1v) is 8.26. The lowest BCUT2D eigenvalue weighted by molar-refractivity contribution is -0.384. The number of esters is 1. The smallest absolute Gasteiger partial charge is 0.337 e. The summed E-state index contributed by atoms with van der Waals surface area (Å²) in [5.41, 5.74) is -0.283. The Morgan fingerprint density at radius 2 is 1.96 bits per heavy atom. The van der Waals surface area contributed by atoms with Gasteiger partial charge in [-0.2, -0.15) is 0 Å². The molecule has 8 nitrogen and oxygen atoms in total. The number of hydrogen-bond donors (Lipinski definition) is 1. The minimum Gasteiger partial charge on any atom is -0.465 e. The van der Waals surface area contributed by atoms with Gasteiger partial charge in [0, 0.05) is 12.1 Å². The van der Waals surface area contributed by atoms with E-state index in [1.165, 1.54) is 30.3 Å². The van der Waals surface area contributed by atoms with Crippen molar-refractivity contribution in [2.45, 2.75) is 4.90 Å². The van der Waals surface area contributed by atoms with Crippen molar-refractivity contribution in [1.29, 1.82) is 0 Å². The second-order valence-electron chi connectivity index (χ2n) is 4.55. The molecule has 0 radical (unpaired) electrons. The summed E-state index contributed by atoms with van der Waals surface area (Å²) in [6.07, 6.45) is 0. The molecule has 0 spiro atoms. The third-order valence-corrected chi connectivity index (χ3v) is 4.81. The van der Waals surface area contributed by atoms with Crippen LogP contribution in [-0.4, -0.2) is 26.4 Å². The molecule has 0 fully saturated rings. The summed E-state index contributed by atoms with van der Waals surface area (Å²) in [6.45, 7) is 0. The Labute approximate surface area is 142 Å². The normalized spacial score (nSPS) is 10.9. The molecule has 1 N–H and O–H groups in total. The molecule has 0 aromatic heterocycles. The van der Waals surface area contributed by atoms with Crippen molar-refractivity contribution in [2.75, 3.05) is 11.8 Å². The van der Waals surface area contributed by atoms with E-state index in [2.05, 4.69) is 9.46 Å². The maximum Gasteiger partial charge on any atom is 0.337 e. The van der Waals surface area contributed by atoms with Gasteiger partial charge in [0.2, 0.25) is 0 Å². The number of anilines is 1. The highest BCUT2D eigenvalue weighted by molar-refractivity contribution is 7.92. The highest BCUT2D eigenvalue weighted by atomic mass is 35.5. The van der Waals surface area contributed by atoms with Crippen LogP contribution >= 0.6 is 11.6 Å². The predicted octanol–water partition coefficient (Wildman–Crippen LogP) is 2.84. The molecule has 126 valence electrons. The van der Waals surface area contributed by atoms with Crippen molar-refractivity contribution >= 4 is 39.0 Å². The van der Waals surface area contributed by atoms with E-state index in [1.807, 2.05) is 0 Å². The van der Waals surface area contributed by atoms with Gasteiger partial charge in [0.25, 0.3) is 15.7 Å². The summed E-state index contributed by atoms with van der Waals surface area (Å²) in [5.74, 6) is -0.724. The van der Waals surface area contributed by atoms with E-state index in [4.69, 9.17) is 11.6 Å². The van der Waals surface area contributed by atoms with E-state index in [0.29, 0.717) is 0 Å². The van der Waals surface area contributed by atoms with Crippen LogP contribution in [-0.2, 0) is 14.8 Å². The molecule has 0 amide bonds. The lowest BCUT2D eigenvalue weighted by Crippen LogP contribution is -2.14. The van der Waals surface area contributed by atoms with Gasteiger partial charge < -0.3 is 4.74 Å². The molecule has 24 heavy (non-hydrogen) atoms. The highest BCUT2D eigenvalue weighted by Crippen LogP contribution is 2.26. The number of methoxy groups -OCH3 is 1. The van der Waals surface area contributed by atoms with Crippen LogP contribution in [0.5, 0.6) is 0 Å². The van der Waals surface area contributed by atoms with Gasteiger partial charge in [-0.15, -0.1) is 0 Å². The van der Waals surface area contributed by atoms with E-state index in [9.17, 15) is 23.3 Å². The van der Waals surface area contributed by atoms with Gasteiger partial charge in [0.05, 0.1) is 28.3 Å². The molecule has 2 aromatic rings. The molecule has 0 bridgehead atoms. The molecule has 2 aromatic carbocycles. The first-order chi connectivity index (χ1) is 11.2. The number of carbonyl (C=O) groups excluding carboxylic acids is 1. The molecule has 0 atom stereocenters. The highest BCUT2D eigenvalue weighted by Gasteiger charge is 2.21. The topological polar surface area (TPSA) is 116 Å². The molecule has 0 aliphatic rings. The number of nitrogens with one attached hydrogen (secondary N) is 1. The average Bonchev–Trinajstić information content (AvgIpc) is 2.54. The fourth-order valence-corrected chi connectivity index (χ4v) is 3.42. The van der Waals surface area contributed by atoms with Crippen molar-refractivity contribution in [3.8, 4) is 0 Å². The van der Waals surface area contributed by atoms with E-state index in [-0.39, 0.29) is 26.9 Å². The number of sulfonamides is 1. The average molecular weight is 371 g/mol. The first-order valence-electron chi connectivity index (χ1n) is 6.40. The van der Waals surface area contributed by atoms with Crippen molar-refractivity contribution in [3.05, 3.63) is 63.2 Å². The molecule has 2 rings (SSSR count). The fraction of sp³-hybridized carbons (Fsp3) is 0.0714. The van der Waals surface area contributed by atoms with Gasteiger partial charge in [-0.1, -0.05) is 17.7 Å². The van der Waals surface area contributed by atoms with Gasteiger partial charge in [0.15, 0.2) is 0 Å². The number of nitro benzene ring substituents is 1. The number of halogens is 1. The minimum atomic E-state index is -4.16. The Hall–Kier alpha value is -2.65. The summed E-state index contributed by atoms with van der Waals surface area (Å²) >= 11 is 5.90.